The predicted octanol–water partition coefficient (Wildman–Crippen LogP) is 3.19. The predicted molar refractivity (Wildman–Crippen MR) is 124 cm³/mol. The lowest BCUT2D eigenvalue weighted by molar-refractivity contribution is -0.308. The molecule has 5 rings (SSSR count). The maximum absolute atomic E-state index is 13.2. The van der Waals surface area contributed by atoms with Gasteiger partial charge < -0.3 is 20.0 Å². The molecule has 0 amide bonds. The number of fused-ring (bicyclic) bond motifs is 2. The number of carbonyl (C=O) groups excluding carboxylic acids is 1. The normalized spacial score (nSPS) is 21.9. The van der Waals surface area contributed by atoms with Crippen molar-refractivity contribution < 1.29 is 15.0 Å². The Kier molecular flexibility index (Phi) is 4.53. The monoisotopic (exact) mass is 442 g/mol. The largest absolute Gasteiger partial charge is 0.872 e. The number of benzene rings is 2. The van der Waals surface area contributed by atoms with Crippen LogP contribution in [0, 0.1) is 0 Å². The van der Waals surface area contributed by atoms with Crippen molar-refractivity contribution in [2.45, 2.75) is 24.2 Å². The molecule has 2 heterocycles. The van der Waals surface area contributed by atoms with Crippen LogP contribution < -0.4 is 20.0 Å². The summed E-state index contributed by atoms with van der Waals surface area (Å²) in [6.07, 6.45) is 3.16. The molecule has 162 valence electrons. The van der Waals surface area contributed by atoms with Gasteiger partial charge in [-0.2, -0.15) is 0 Å². The SMILES string of the molecule is CN1/C(=C\C2=C([O-])C(=O)C(/C=C3/Sc4ccccc4N3C)=C2[O-])C(C)(C)c2ccccc21. The van der Waals surface area contributed by atoms with Crippen molar-refractivity contribution in [1.29, 1.82) is 0 Å². The Labute approximate surface area is 191 Å². The summed E-state index contributed by atoms with van der Waals surface area (Å²) in [5, 5.41) is 26.8. The summed E-state index contributed by atoms with van der Waals surface area (Å²) in [6, 6.07) is 15.9. The summed E-state index contributed by atoms with van der Waals surface area (Å²) in [5.41, 5.74) is 3.44. The molecule has 5 nitrogen and oxygen atoms in total. The van der Waals surface area contributed by atoms with Crippen LogP contribution in [0.1, 0.15) is 19.4 Å². The molecule has 3 aliphatic rings. The minimum Gasteiger partial charge on any atom is -0.872 e. The number of thioether (sulfide) groups is 1. The van der Waals surface area contributed by atoms with E-state index in [0.29, 0.717) is 0 Å². The fourth-order valence-corrected chi connectivity index (χ4v) is 5.72. The van der Waals surface area contributed by atoms with Crippen LogP contribution in [0.3, 0.4) is 0 Å². The molecule has 0 saturated heterocycles. The highest BCUT2D eigenvalue weighted by molar-refractivity contribution is 8.03. The van der Waals surface area contributed by atoms with Gasteiger partial charge in [0.2, 0.25) is 0 Å². The van der Waals surface area contributed by atoms with E-state index in [-0.39, 0.29) is 11.1 Å². The van der Waals surface area contributed by atoms with E-state index in [1.807, 2.05) is 72.4 Å². The highest BCUT2D eigenvalue weighted by Gasteiger charge is 2.38. The van der Waals surface area contributed by atoms with Crippen molar-refractivity contribution in [3.05, 3.63) is 99.6 Å². The molecule has 0 fully saturated rings. The van der Waals surface area contributed by atoms with Gasteiger partial charge in [0.15, 0.2) is 5.78 Å². The van der Waals surface area contributed by atoms with Crippen molar-refractivity contribution in [2.24, 2.45) is 0 Å². The molecule has 0 radical (unpaired) electrons. The number of Topliss-reactive ketones (excluding diaryl/α,β-unsaturated/α-hetero) is 1. The molecule has 0 bridgehead atoms. The zero-order valence-electron chi connectivity index (χ0n) is 18.3. The first-order valence-corrected chi connectivity index (χ1v) is 11.2. The van der Waals surface area contributed by atoms with Crippen LogP contribution in [0.25, 0.3) is 0 Å². The molecule has 32 heavy (non-hydrogen) atoms. The van der Waals surface area contributed by atoms with Crippen LogP contribution >= 0.6 is 11.8 Å². The maximum atomic E-state index is 13.2. The molecule has 0 atom stereocenters. The van der Waals surface area contributed by atoms with Gasteiger partial charge in [-0.25, -0.2) is 0 Å². The minimum atomic E-state index is -0.740. The Morgan fingerprint density at radius 2 is 1.50 bits per heavy atom. The van der Waals surface area contributed by atoms with Gasteiger partial charge in [-0.05, 0) is 41.5 Å². The summed E-state index contributed by atoms with van der Waals surface area (Å²) in [4.78, 5) is 17.7. The van der Waals surface area contributed by atoms with E-state index in [1.165, 1.54) is 11.8 Å². The van der Waals surface area contributed by atoms with Gasteiger partial charge in [-0.15, -0.1) is 0 Å². The molecule has 6 heteroatoms. The van der Waals surface area contributed by atoms with Crippen LogP contribution in [0.15, 0.2) is 99.0 Å². The first kappa shape index (κ1) is 20.5. The zero-order valence-corrected chi connectivity index (χ0v) is 19.1. The lowest BCUT2D eigenvalue weighted by Crippen LogP contribution is -2.24. The van der Waals surface area contributed by atoms with Crippen molar-refractivity contribution in [1.82, 2.24) is 0 Å². The molecule has 0 N–H and O–H groups in total. The van der Waals surface area contributed by atoms with Crippen molar-refractivity contribution in [3.63, 3.8) is 0 Å². The third-order valence-electron chi connectivity index (χ3n) is 6.45. The fraction of sp³-hybridized carbons (Fsp3) is 0.192. The van der Waals surface area contributed by atoms with Gasteiger partial charge in [-0.1, -0.05) is 67.5 Å². The Morgan fingerprint density at radius 1 is 0.844 bits per heavy atom. The Bertz CT molecular complexity index is 1300. The molecular formula is C26H22N2O3S-2. The van der Waals surface area contributed by atoms with Gasteiger partial charge in [0.1, 0.15) is 0 Å². The van der Waals surface area contributed by atoms with E-state index < -0.39 is 22.7 Å². The van der Waals surface area contributed by atoms with E-state index in [2.05, 4.69) is 13.8 Å². The van der Waals surface area contributed by atoms with Crippen LogP contribution in [0.4, 0.5) is 11.4 Å². The molecular weight excluding hydrogens is 420 g/mol. The third-order valence-corrected chi connectivity index (χ3v) is 7.61. The number of likely N-dealkylation sites (N-methyl/N-ethyl adjacent to an activating group) is 1. The van der Waals surface area contributed by atoms with Gasteiger partial charge in [0.25, 0.3) is 0 Å². The summed E-state index contributed by atoms with van der Waals surface area (Å²) >= 11 is 1.48. The van der Waals surface area contributed by atoms with E-state index in [4.69, 9.17) is 0 Å². The molecule has 1 aliphatic carbocycles. The molecule has 0 saturated carbocycles. The fourth-order valence-electron chi connectivity index (χ4n) is 4.62. The molecule has 0 aromatic heterocycles. The van der Waals surface area contributed by atoms with Gasteiger partial charge in [0.05, 0.1) is 10.7 Å². The maximum Gasteiger partial charge on any atom is 0.178 e. The van der Waals surface area contributed by atoms with Crippen LogP contribution in [-0.4, -0.2) is 19.9 Å². The van der Waals surface area contributed by atoms with Crippen LogP contribution in [-0.2, 0) is 10.2 Å². The van der Waals surface area contributed by atoms with E-state index in [0.717, 1.165) is 32.6 Å². The average Bonchev–Trinajstić information content (AvgIpc) is 3.28. The molecule has 2 aromatic rings. The number of para-hydroxylation sites is 2. The number of rotatable bonds is 2. The van der Waals surface area contributed by atoms with E-state index >= 15 is 0 Å². The van der Waals surface area contributed by atoms with E-state index in [9.17, 15) is 15.0 Å². The first-order chi connectivity index (χ1) is 15.2. The molecule has 2 aromatic carbocycles. The Balaban J connectivity index is 1.55. The first-order valence-electron chi connectivity index (χ1n) is 10.4. The third kappa shape index (κ3) is 2.83. The lowest BCUT2D eigenvalue weighted by Gasteiger charge is -2.26. The summed E-state index contributed by atoms with van der Waals surface area (Å²) < 4.78 is 0. The Hall–Kier alpha value is -3.38. The number of hydrogen-bond donors (Lipinski definition) is 0. The summed E-state index contributed by atoms with van der Waals surface area (Å²) in [5.74, 6) is -1.99. The van der Waals surface area contributed by atoms with Gasteiger partial charge in [0, 0.05) is 41.4 Å². The zero-order chi connectivity index (χ0) is 22.8. The molecule has 0 spiro atoms. The minimum absolute atomic E-state index is 0.0623. The van der Waals surface area contributed by atoms with Gasteiger partial charge in [-0.3, -0.25) is 4.79 Å². The average molecular weight is 443 g/mol. The topological polar surface area (TPSA) is 69.7 Å². The quantitative estimate of drug-likeness (QED) is 0.712. The standard InChI is InChI=1S/C26H24N2O3S/c1-26(2)17-9-5-6-10-18(17)27(3)21(26)13-15-23(29)16(25(31)24(15)30)14-22-28(4)19-11-7-8-12-20(19)32-22/h5-14,29H,1-4H3,(H,30,31)/p-2/b21-13-,22-14+. The number of ketones is 1. The number of anilines is 2. The van der Waals surface area contributed by atoms with Crippen LogP contribution in [0.5, 0.6) is 0 Å². The smallest absolute Gasteiger partial charge is 0.178 e. The second-order valence-corrected chi connectivity index (χ2v) is 9.72. The Morgan fingerprint density at radius 3 is 2.19 bits per heavy atom. The number of allylic oxidation sites excluding steroid dienone is 4. The number of carbonyl (C=O) groups is 1. The second-order valence-electron chi connectivity index (χ2n) is 8.66. The number of nitrogens with zero attached hydrogens (tertiary/aromatic N) is 2. The van der Waals surface area contributed by atoms with Gasteiger partial charge >= 0.3 is 0 Å². The molecule has 2 aliphatic heterocycles. The van der Waals surface area contributed by atoms with Crippen molar-refractivity contribution >= 4 is 28.9 Å². The molecule has 0 unspecified atom stereocenters. The lowest BCUT2D eigenvalue weighted by atomic mass is 9.83. The highest BCUT2D eigenvalue weighted by atomic mass is 32.2. The van der Waals surface area contributed by atoms with Crippen molar-refractivity contribution in [3.8, 4) is 0 Å². The highest BCUT2D eigenvalue weighted by Crippen LogP contribution is 2.48. The summed E-state index contributed by atoms with van der Waals surface area (Å²) in [7, 11) is 3.80. The van der Waals surface area contributed by atoms with E-state index in [1.54, 1.807) is 12.2 Å². The summed E-state index contributed by atoms with van der Waals surface area (Å²) in [6.45, 7) is 4.11. The van der Waals surface area contributed by atoms with Crippen molar-refractivity contribution in [2.75, 3.05) is 23.9 Å². The number of hydrogen-bond acceptors (Lipinski definition) is 6. The second kappa shape index (κ2) is 7.07. The van der Waals surface area contributed by atoms with Crippen LogP contribution in [0.2, 0.25) is 0 Å².